The van der Waals surface area contributed by atoms with Crippen molar-refractivity contribution in [3.05, 3.63) is 0 Å². The van der Waals surface area contributed by atoms with Crippen LogP contribution in [-0.4, -0.2) is 68.1 Å². The second-order valence-corrected chi connectivity index (χ2v) is 6.17. The van der Waals surface area contributed by atoms with Gasteiger partial charge in [-0.25, -0.2) is 0 Å². The van der Waals surface area contributed by atoms with Crippen LogP contribution < -0.4 is 5.73 Å². The fourth-order valence-electron chi connectivity index (χ4n) is 2.71. The van der Waals surface area contributed by atoms with Gasteiger partial charge in [0.2, 0.25) is 5.91 Å². The molecule has 0 bridgehead atoms. The number of hydrogen-bond donors (Lipinski definition) is 1. The van der Waals surface area contributed by atoms with Crippen LogP contribution in [0.25, 0.3) is 0 Å². The Morgan fingerprint density at radius 1 is 1.19 bits per heavy atom. The highest BCUT2D eigenvalue weighted by Gasteiger charge is 2.24. The molecule has 122 valence electrons. The van der Waals surface area contributed by atoms with Crippen molar-refractivity contribution >= 4 is 11.9 Å². The zero-order valence-corrected chi connectivity index (χ0v) is 13.5. The lowest BCUT2D eigenvalue weighted by molar-refractivity contribution is -0.142. The average molecular weight is 299 g/mol. The Morgan fingerprint density at radius 3 is 2.29 bits per heavy atom. The van der Waals surface area contributed by atoms with Crippen LogP contribution in [0.4, 0.5) is 0 Å². The van der Waals surface area contributed by atoms with Gasteiger partial charge in [0.25, 0.3) is 0 Å². The predicted molar refractivity (Wildman–Crippen MR) is 81.7 cm³/mol. The molecule has 0 unspecified atom stereocenters. The Balaban J connectivity index is 2.35. The molecule has 1 heterocycles. The van der Waals surface area contributed by atoms with Crippen LogP contribution in [0.2, 0.25) is 0 Å². The molecule has 2 N–H and O–H groups in total. The number of amides is 1. The van der Waals surface area contributed by atoms with E-state index in [1.54, 1.807) is 0 Å². The molecule has 1 fully saturated rings. The number of piperazine rings is 1. The zero-order valence-electron chi connectivity index (χ0n) is 13.5. The van der Waals surface area contributed by atoms with E-state index in [1.807, 2.05) is 9.80 Å². The molecule has 0 aliphatic carbocycles. The largest absolute Gasteiger partial charge is 0.468 e. The fourth-order valence-corrected chi connectivity index (χ4v) is 2.71. The number of rotatable bonds is 7. The molecule has 1 aliphatic heterocycles. The van der Waals surface area contributed by atoms with E-state index in [0.29, 0.717) is 38.5 Å². The Morgan fingerprint density at radius 2 is 1.81 bits per heavy atom. The lowest BCUT2D eigenvalue weighted by atomic mass is 9.93. The van der Waals surface area contributed by atoms with E-state index in [9.17, 15) is 9.59 Å². The van der Waals surface area contributed by atoms with Crippen LogP contribution in [0.3, 0.4) is 0 Å². The minimum absolute atomic E-state index is 0.184. The number of esters is 1. The smallest absolute Gasteiger partial charge is 0.319 e. The molecule has 0 aromatic heterocycles. The van der Waals surface area contributed by atoms with E-state index in [2.05, 4.69) is 18.6 Å². The number of carbonyl (C=O) groups is 2. The highest BCUT2D eigenvalue weighted by Crippen LogP contribution is 2.16. The van der Waals surface area contributed by atoms with Gasteiger partial charge in [-0.2, -0.15) is 0 Å². The summed E-state index contributed by atoms with van der Waals surface area (Å²) in [4.78, 5) is 27.4. The zero-order chi connectivity index (χ0) is 15.8. The van der Waals surface area contributed by atoms with E-state index in [1.165, 1.54) is 7.11 Å². The molecule has 0 saturated carbocycles. The van der Waals surface area contributed by atoms with Crippen molar-refractivity contribution in [3.8, 4) is 0 Å². The van der Waals surface area contributed by atoms with Crippen molar-refractivity contribution in [2.24, 2.45) is 17.6 Å². The number of methoxy groups -OCH3 is 1. The van der Waals surface area contributed by atoms with Crippen LogP contribution in [0, 0.1) is 11.8 Å². The van der Waals surface area contributed by atoms with E-state index in [0.717, 1.165) is 19.5 Å². The maximum Gasteiger partial charge on any atom is 0.319 e. The summed E-state index contributed by atoms with van der Waals surface area (Å²) in [7, 11) is 1.39. The summed E-state index contributed by atoms with van der Waals surface area (Å²) in [6, 6.07) is 0. The molecule has 1 amide bonds. The van der Waals surface area contributed by atoms with Crippen LogP contribution in [0.15, 0.2) is 0 Å². The molecule has 6 heteroatoms. The molecule has 0 spiro atoms. The fraction of sp³-hybridized carbons (Fsp3) is 0.867. The minimum Gasteiger partial charge on any atom is -0.468 e. The second kappa shape index (κ2) is 9.00. The van der Waals surface area contributed by atoms with Crippen LogP contribution in [-0.2, 0) is 14.3 Å². The van der Waals surface area contributed by atoms with Crippen molar-refractivity contribution in [2.75, 3.05) is 46.4 Å². The Bertz CT molecular complexity index is 339. The molecule has 6 nitrogen and oxygen atoms in total. The van der Waals surface area contributed by atoms with E-state index in [-0.39, 0.29) is 17.8 Å². The van der Waals surface area contributed by atoms with Gasteiger partial charge in [0.15, 0.2) is 0 Å². The third kappa shape index (κ3) is 6.44. The summed E-state index contributed by atoms with van der Waals surface area (Å²) in [6.45, 7) is 7.96. The maximum absolute atomic E-state index is 12.3. The summed E-state index contributed by atoms with van der Waals surface area (Å²) in [5.41, 5.74) is 5.76. The number of hydrogen-bond acceptors (Lipinski definition) is 5. The van der Waals surface area contributed by atoms with Gasteiger partial charge in [-0.1, -0.05) is 13.8 Å². The summed E-state index contributed by atoms with van der Waals surface area (Å²) >= 11 is 0. The van der Waals surface area contributed by atoms with E-state index < -0.39 is 0 Å². The summed E-state index contributed by atoms with van der Waals surface area (Å²) in [5.74, 6) is 0.785. The van der Waals surface area contributed by atoms with Gasteiger partial charge in [-0.15, -0.1) is 0 Å². The van der Waals surface area contributed by atoms with Crippen molar-refractivity contribution in [1.82, 2.24) is 9.80 Å². The van der Waals surface area contributed by atoms with E-state index in [4.69, 9.17) is 5.73 Å². The van der Waals surface area contributed by atoms with Crippen molar-refractivity contribution < 1.29 is 14.3 Å². The Kier molecular flexibility index (Phi) is 7.67. The van der Waals surface area contributed by atoms with Gasteiger partial charge in [-0.3, -0.25) is 14.5 Å². The maximum atomic E-state index is 12.3. The van der Waals surface area contributed by atoms with Gasteiger partial charge in [0.05, 0.1) is 13.7 Å². The first-order chi connectivity index (χ1) is 9.96. The number of nitrogens with two attached hydrogens (primary N) is 1. The van der Waals surface area contributed by atoms with Crippen molar-refractivity contribution in [2.45, 2.75) is 26.7 Å². The first-order valence-electron chi connectivity index (χ1n) is 7.73. The third-order valence-corrected chi connectivity index (χ3v) is 3.91. The second-order valence-electron chi connectivity index (χ2n) is 6.17. The minimum atomic E-state index is -0.227. The first kappa shape index (κ1) is 17.9. The van der Waals surface area contributed by atoms with Gasteiger partial charge < -0.3 is 15.4 Å². The molecule has 1 aliphatic rings. The third-order valence-electron chi connectivity index (χ3n) is 3.91. The highest BCUT2D eigenvalue weighted by molar-refractivity contribution is 5.76. The van der Waals surface area contributed by atoms with Gasteiger partial charge >= 0.3 is 5.97 Å². The summed E-state index contributed by atoms with van der Waals surface area (Å²) in [6.07, 6.45) is 1.52. The van der Waals surface area contributed by atoms with Crippen LogP contribution >= 0.6 is 0 Å². The quantitative estimate of drug-likeness (QED) is 0.685. The number of ether oxygens (including phenoxy) is 1. The standard InChI is InChI=1S/C15H29N3O3/c1-12(2)8-13(10-16)9-14(19)18-6-4-17(5-7-18)11-15(20)21-3/h12-13H,4-11,16H2,1-3H3/t13-/m0/s1. The van der Waals surface area contributed by atoms with E-state index >= 15 is 0 Å². The normalized spacial score (nSPS) is 17.9. The molecule has 1 saturated heterocycles. The van der Waals surface area contributed by atoms with Crippen LogP contribution in [0.5, 0.6) is 0 Å². The first-order valence-corrected chi connectivity index (χ1v) is 7.73. The molecule has 21 heavy (non-hydrogen) atoms. The Labute approximate surface area is 127 Å². The summed E-state index contributed by atoms with van der Waals surface area (Å²) in [5, 5.41) is 0. The molecular weight excluding hydrogens is 270 g/mol. The predicted octanol–water partition coefficient (Wildman–Crippen LogP) is 0.315. The van der Waals surface area contributed by atoms with Gasteiger partial charge in [0, 0.05) is 32.6 Å². The van der Waals surface area contributed by atoms with Gasteiger partial charge in [0.1, 0.15) is 0 Å². The van der Waals surface area contributed by atoms with Crippen molar-refractivity contribution in [1.29, 1.82) is 0 Å². The number of nitrogens with zero attached hydrogens (tertiary/aromatic N) is 2. The molecule has 0 radical (unpaired) electrons. The molecular formula is C15H29N3O3. The molecule has 1 atom stereocenters. The number of carbonyl (C=O) groups excluding carboxylic acids is 2. The molecule has 0 aromatic rings. The topological polar surface area (TPSA) is 75.9 Å². The monoisotopic (exact) mass is 299 g/mol. The van der Waals surface area contributed by atoms with Crippen molar-refractivity contribution in [3.63, 3.8) is 0 Å². The highest BCUT2D eigenvalue weighted by atomic mass is 16.5. The van der Waals surface area contributed by atoms with Gasteiger partial charge in [-0.05, 0) is 24.8 Å². The Hall–Kier alpha value is -1.14. The molecule has 0 aromatic carbocycles. The SMILES string of the molecule is COC(=O)CN1CCN(C(=O)C[C@@H](CN)CC(C)C)CC1. The average Bonchev–Trinajstić information content (AvgIpc) is 2.46. The summed E-state index contributed by atoms with van der Waals surface area (Å²) < 4.78 is 4.66. The lowest BCUT2D eigenvalue weighted by Gasteiger charge is -2.34. The lowest BCUT2D eigenvalue weighted by Crippen LogP contribution is -2.50. The van der Waals surface area contributed by atoms with Crippen LogP contribution in [0.1, 0.15) is 26.7 Å². The molecule has 1 rings (SSSR count).